The van der Waals surface area contributed by atoms with Gasteiger partial charge in [0.25, 0.3) is 0 Å². The Labute approximate surface area is 114 Å². The van der Waals surface area contributed by atoms with E-state index in [0.717, 1.165) is 5.69 Å². The molecule has 0 aliphatic rings. The van der Waals surface area contributed by atoms with Gasteiger partial charge in [0.2, 0.25) is 5.91 Å². The van der Waals surface area contributed by atoms with Crippen LogP contribution in [0.25, 0.3) is 0 Å². The predicted molar refractivity (Wildman–Crippen MR) is 74.9 cm³/mol. The second-order valence-corrected chi connectivity index (χ2v) is 5.37. The maximum Gasteiger partial charge on any atom is 0.306 e. The van der Waals surface area contributed by atoms with Crippen LogP contribution in [0.4, 0.5) is 5.69 Å². The zero-order valence-electron chi connectivity index (χ0n) is 12.0. The maximum atomic E-state index is 11.9. The van der Waals surface area contributed by atoms with Crippen LogP contribution in [0.1, 0.15) is 33.6 Å². The Hall–Kier alpha value is -1.84. The molecule has 4 heteroatoms. The van der Waals surface area contributed by atoms with E-state index in [1.54, 1.807) is 11.9 Å². The summed E-state index contributed by atoms with van der Waals surface area (Å²) in [6.45, 7) is 5.43. The lowest BCUT2D eigenvalue weighted by atomic mass is 10.2. The van der Waals surface area contributed by atoms with E-state index in [0.29, 0.717) is 0 Å². The highest BCUT2D eigenvalue weighted by Gasteiger charge is 2.18. The fourth-order valence-corrected chi connectivity index (χ4v) is 1.56. The third kappa shape index (κ3) is 5.55. The number of nitrogens with zero attached hydrogens (tertiary/aromatic N) is 1. The fourth-order valence-electron chi connectivity index (χ4n) is 1.56. The average Bonchev–Trinajstić information content (AvgIpc) is 2.34. The first-order valence-electron chi connectivity index (χ1n) is 6.33. The molecular weight excluding hydrogens is 242 g/mol. The first-order valence-corrected chi connectivity index (χ1v) is 6.33. The van der Waals surface area contributed by atoms with E-state index >= 15 is 0 Å². The maximum absolute atomic E-state index is 11.9. The Morgan fingerprint density at radius 2 is 1.68 bits per heavy atom. The first kappa shape index (κ1) is 15.2. The van der Waals surface area contributed by atoms with Gasteiger partial charge in [-0.15, -0.1) is 0 Å². The number of carbonyl (C=O) groups is 2. The van der Waals surface area contributed by atoms with Gasteiger partial charge in [0.1, 0.15) is 5.60 Å². The van der Waals surface area contributed by atoms with E-state index in [2.05, 4.69) is 0 Å². The van der Waals surface area contributed by atoms with E-state index < -0.39 is 5.60 Å². The molecule has 0 unspecified atom stereocenters. The molecule has 0 spiro atoms. The number of esters is 1. The van der Waals surface area contributed by atoms with Crippen molar-refractivity contribution in [2.75, 3.05) is 11.9 Å². The summed E-state index contributed by atoms with van der Waals surface area (Å²) in [7, 11) is 1.70. The van der Waals surface area contributed by atoms with Crippen LogP contribution in [-0.2, 0) is 14.3 Å². The Balaban J connectivity index is 2.46. The Morgan fingerprint density at radius 3 is 2.21 bits per heavy atom. The van der Waals surface area contributed by atoms with Gasteiger partial charge in [-0.1, -0.05) is 18.2 Å². The van der Waals surface area contributed by atoms with E-state index in [4.69, 9.17) is 4.74 Å². The summed E-state index contributed by atoms with van der Waals surface area (Å²) in [5.41, 5.74) is 0.308. The Kier molecular flexibility index (Phi) is 5.10. The third-order valence-electron chi connectivity index (χ3n) is 2.48. The second kappa shape index (κ2) is 6.36. The van der Waals surface area contributed by atoms with Gasteiger partial charge in [0.05, 0.1) is 6.42 Å². The fraction of sp³-hybridized carbons (Fsp3) is 0.467. The molecule has 0 saturated carbocycles. The standard InChI is InChI=1S/C15H21NO3/c1-15(2,3)19-14(18)11-10-13(17)16(4)12-8-6-5-7-9-12/h5-9H,10-11H2,1-4H3. The van der Waals surface area contributed by atoms with Crippen LogP contribution in [0.2, 0.25) is 0 Å². The number of hydrogen-bond donors (Lipinski definition) is 0. The van der Waals surface area contributed by atoms with Crippen LogP contribution in [0.5, 0.6) is 0 Å². The highest BCUT2D eigenvalue weighted by molar-refractivity contribution is 5.94. The van der Waals surface area contributed by atoms with Gasteiger partial charge < -0.3 is 9.64 Å². The molecule has 1 rings (SSSR count). The quantitative estimate of drug-likeness (QED) is 0.785. The zero-order chi connectivity index (χ0) is 14.5. The highest BCUT2D eigenvalue weighted by atomic mass is 16.6. The normalized spacial score (nSPS) is 10.9. The molecule has 1 aromatic rings. The number of amides is 1. The van der Waals surface area contributed by atoms with Crippen molar-refractivity contribution in [3.8, 4) is 0 Å². The van der Waals surface area contributed by atoms with Crippen LogP contribution in [0.15, 0.2) is 30.3 Å². The van der Waals surface area contributed by atoms with Crippen LogP contribution >= 0.6 is 0 Å². The minimum atomic E-state index is -0.508. The van der Waals surface area contributed by atoms with Gasteiger partial charge in [-0.25, -0.2) is 0 Å². The van der Waals surface area contributed by atoms with Crippen LogP contribution in [0.3, 0.4) is 0 Å². The summed E-state index contributed by atoms with van der Waals surface area (Å²) in [5.74, 6) is -0.445. The molecule has 19 heavy (non-hydrogen) atoms. The van der Waals surface area contributed by atoms with E-state index in [1.807, 2.05) is 51.1 Å². The Morgan fingerprint density at radius 1 is 1.11 bits per heavy atom. The lowest BCUT2D eigenvalue weighted by molar-refractivity contribution is -0.155. The largest absolute Gasteiger partial charge is 0.460 e. The third-order valence-corrected chi connectivity index (χ3v) is 2.48. The summed E-state index contributed by atoms with van der Waals surface area (Å²) in [6, 6.07) is 9.33. The van der Waals surface area contributed by atoms with Gasteiger partial charge in [-0.05, 0) is 32.9 Å². The molecule has 0 aliphatic carbocycles. The van der Waals surface area contributed by atoms with Gasteiger partial charge in [0, 0.05) is 19.2 Å². The summed E-state index contributed by atoms with van der Waals surface area (Å²) in [6.07, 6.45) is 0.258. The molecule has 0 fully saturated rings. The molecule has 1 amide bonds. The smallest absolute Gasteiger partial charge is 0.306 e. The van der Waals surface area contributed by atoms with Crippen LogP contribution < -0.4 is 4.90 Å². The van der Waals surface area contributed by atoms with Crippen molar-refractivity contribution >= 4 is 17.6 Å². The van der Waals surface area contributed by atoms with E-state index in [9.17, 15) is 9.59 Å². The Bertz CT molecular complexity index is 434. The van der Waals surface area contributed by atoms with Crippen molar-refractivity contribution in [1.82, 2.24) is 0 Å². The number of hydrogen-bond acceptors (Lipinski definition) is 3. The van der Waals surface area contributed by atoms with Crippen molar-refractivity contribution < 1.29 is 14.3 Å². The first-order chi connectivity index (χ1) is 8.79. The summed E-state index contributed by atoms with van der Waals surface area (Å²) < 4.78 is 5.16. The van der Waals surface area contributed by atoms with Gasteiger partial charge in [-0.2, -0.15) is 0 Å². The van der Waals surface area contributed by atoms with Gasteiger partial charge in [-0.3, -0.25) is 9.59 Å². The number of benzene rings is 1. The van der Waals surface area contributed by atoms with Gasteiger partial charge >= 0.3 is 5.97 Å². The molecule has 0 radical (unpaired) electrons. The molecule has 0 bridgehead atoms. The van der Waals surface area contributed by atoms with Crippen LogP contribution in [-0.4, -0.2) is 24.5 Å². The monoisotopic (exact) mass is 263 g/mol. The van der Waals surface area contributed by atoms with Crippen molar-refractivity contribution in [3.05, 3.63) is 30.3 Å². The van der Waals surface area contributed by atoms with Gasteiger partial charge in [0.15, 0.2) is 0 Å². The lowest BCUT2D eigenvalue weighted by Crippen LogP contribution is -2.28. The number of carbonyl (C=O) groups excluding carboxylic acids is 2. The number of ether oxygens (including phenoxy) is 1. The van der Waals surface area contributed by atoms with Crippen molar-refractivity contribution in [1.29, 1.82) is 0 Å². The summed E-state index contributed by atoms with van der Waals surface area (Å²) in [4.78, 5) is 25.0. The molecule has 0 saturated heterocycles. The minimum Gasteiger partial charge on any atom is -0.460 e. The molecule has 0 N–H and O–H groups in total. The van der Waals surface area contributed by atoms with Crippen molar-refractivity contribution in [2.45, 2.75) is 39.2 Å². The summed E-state index contributed by atoms with van der Waals surface area (Å²) in [5, 5.41) is 0. The lowest BCUT2D eigenvalue weighted by Gasteiger charge is -2.20. The van der Waals surface area contributed by atoms with E-state index in [-0.39, 0.29) is 24.7 Å². The molecule has 0 aromatic heterocycles. The molecule has 0 heterocycles. The number of anilines is 1. The SMILES string of the molecule is CN(C(=O)CCC(=O)OC(C)(C)C)c1ccccc1. The van der Waals surface area contributed by atoms with Crippen molar-refractivity contribution in [2.24, 2.45) is 0 Å². The molecule has 0 aliphatic heterocycles. The highest BCUT2D eigenvalue weighted by Crippen LogP contribution is 2.14. The number of para-hydroxylation sites is 1. The zero-order valence-corrected chi connectivity index (χ0v) is 12.0. The average molecular weight is 263 g/mol. The topological polar surface area (TPSA) is 46.6 Å². The number of rotatable bonds is 4. The minimum absolute atomic E-state index is 0.0999. The second-order valence-electron chi connectivity index (χ2n) is 5.37. The molecule has 104 valence electrons. The molecular formula is C15H21NO3. The molecule has 1 aromatic carbocycles. The van der Waals surface area contributed by atoms with Crippen molar-refractivity contribution in [3.63, 3.8) is 0 Å². The predicted octanol–water partition coefficient (Wildman–Crippen LogP) is 2.77. The molecule has 0 atom stereocenters. The molecule has 4 nitrogen and oxygen atoms in total. The summed E-state index contributed by atoms with van der Waals surface area (Å²) >= 11 is 0. The van der Waals surface area contributed by atoms with Crippen LogP contribution in [0, 0.1) is 0 Å². The van der Waals surface area contributed by atoms with E-state index in [1.165, 1.54) is 0 Å².